The Kier molecular flexibility index (Phi) is 5.67. The second-order valence-corrected chi connectivity index (χ2v) is 5.83. The molecule has 0 fully saturated rings. The molecule has 1 heterocycles. The van der Waals surface area contributed by atoms with Crippen molar-refractivity contribution in [2.45, 2.75) is 39.5 Å². The molecule has 4 heteroatoms. The topological polar surface area (TPSA) is 42.1 Å². The summed E-state index contributed by atoms with van der Waals surface area (Å²) in [5, 5.41) is 1.03. The molecule has 0 radical (unpaired) electrons. The van der Waals surface area contributed by atoms with Gasteiger partial charge in [0.05, 0.1) is 17.6 Å². The molecule has 0 atom stereocenters. The predicted octanol–water partition coefficient (Wildman–Crippen LogP) is 5.09. The zero-order chi connectivity index (χ0) is 16.1. The molecule has 1 aromatic heterocycles. The molecule has 0 aliphatic carbocycles. The number of fused-ring (bicyclic) bond motifs is 1. The van der Waals surface area contributed by atoms with Crippen LogP contribution < -0.4 is 10.2 Å². The number of methoxy groups -OCH3 is 1. The number of aromatic amines is 1. The minimum absolute atomic E-state index is 0.00236. The zero-order valence-electron chi connectivity index (χ0n) is 13.3. The van der Waals surface area contributed by atoms with Gasteiger partial charge in [0.2, 0.25) is 0 Å². The Hall–Kier alpha value is -1.74. The zero-order valence-corrected chi connectivity index (χ0v) is 14.1. The number of aryl methyl sites for hydroxylation is 1. The number of ether oxygens (including phenoxy) is 1. The van der Waals surface area contributed by atoms with Crippen molar-refractivity contribution in [2.24, 2.45) is 0 Å². The lowest BCUT2D eigenvalue weighted by Gasteiger charge is -2.08. The van der Waals surface area contributed by atoms with E-state index < -0.39 is 0 Å². The molecule has 2 rings (SSSR count). The van der Waals surface area contributed by atoms with Gasteiger partial charge in [-0.3, -0.25) is 4.79 Å². The average molecular weight is 320 g/mol. The summed E-state index contributed by atoms with van der Waals surface area (Å²) < 4.78 is 5.20. The van der Waals surface area contributed by atoms with Crippen molar-refractivity contribution in [3.05, 3.63) is 44.7 Å². The highest BCUT2D eigenvalue weighted by Gasteiger charge is 2.10. The molecule has 1 N–H and O–H groups in total. The van der Waals surface area contributed by atoms with E-state index >= 15 is 0 Å². The molecule has 0 aliphatic heterocycles. The number of unbranched alkanes of at least 4 members (excludes halogenated alkanes) is 3. The van der Waals surface area contributed by atoms with Gasteiger partial charge in [0, 0.05) is 22.7 Å². The van der Waals surface area contributed by atoms with Crippen LogP contribution in [0.15, 0.2) is 23.0 Å². The van der Waals surface area contributed by atoms with Crippen LogP contribution in [0, 0.1) is 6.92 Å². The van der Waals surface area contributed by atoms with Gasteiger partial charge in [-0.25, -0.2) is 0 Å². The number of benzene rings is 1. The van der Waals surface area contributed by atoms with Crippen LogP contribution in [0.1, 0.15) is 43.9 Å². The van der Waals surface area contributed by atoms with Gasteiger partial charge in [0.25, 0.3) is 0 Å². The summed E-state index contributed by atoms with van der Waals surface area (Å²) >= 11 is 6.13. The van der Waals surface area contributed by atoms with Gasteiger partial charge >= 0.3 is 0 Å². The lowest BCUT2D eigenvalue weighted by atomic mass is 10.1. The van der Waals surface area contributed by atoms with Gasteiger partial charge in [-0.1, -0.05) is 43.5 Å². The smallest absolute Gasteiger partial charge is 0.196 e. The third-order valence-electron chi connectivity index (χ3n) is 3.77. The third kappa shape index (κ3) is 3.53. The Bertz CT molecular complexity index is 747. The van der Waals surface area contributed by atoms with Crippen molar-refractivity contribution >= 4 is 28.6 Å². The Morgan fingerprint density at radius 1 is 1.32 bits per heavy atom. The number of halogens is 1. The molecule has 2 aromatic rings. The van der Waals surface area contributed by atoms with Crippen molar-refractivity contribution in [1.29, 1.82) is 0 Å². The number of pyridine rings is 1. The number of H-pyrrole nitrogens is 1. The van der Waals surface area contributed by atoms with Crippen molar-refractivity contribution in [3.63, 3.8) is 0 Å². The molecule has 0 amide bonds. The fraction of sp³-hybridized carbons (Fsp3) is 0.389. The summed E-state index contributed by atoms with van der Waals surface area (Å²) in [4.78, 5) is 15.9. The van der Waals surface area contributed by atoms with Crippen LogP contribution in [0.4, 0.5) is 0 Å². The highest BCUT2D eigenvalue weighted by molar-refractivity contribution is 6.32. The van der Waals surface area contributed by atoms with Crippen LogP contribution >= 0.6 is 11.6 Å². The first-order chi connectivity index (χ1) is 10.6. The van der Waals surface area contributed by atoms with Crippen molar-refractivity contribution in [1.82, 2.24) is 4.98 Å². The van der Waals surface area contributed by atoms with Crippen molar-refractivity contribution in [3.8, 4) is 5.75 Å². The molecule has 3 nitrogen and oxygen atoms in total. The first-order valence-electron chi connectivity index (χ1n) is 7.65. The molecule has 0 unspecified atom stereocenters. The van der Waals surface area contributed by atoms with Crippen LogP contribution in [0.25, 0.3) is 17.0 Å². The number of allylic oxidation sites excluding steroid dienone is 1. The Balaban J connectivity index is 2.42. The fourth-order valence-corrected chi connectivity index (χ4v) is 2.74. The Morgan fingerprint density at radius 2 is 2.09 bits per heavy atom. The molecule has 1 aromatic carbocycles. The number of hydrogen-bond acceptors (Lipinski definition) is 2. The van der Waals surface area contributed by atoms with Crippen LogP contribution in [0.2, 0.25) is 5.02 Å². The first kappa shape index (κ1) is 16.6. The lowest BCUT2D eigenvalue weighted by Crippen LogP contribution is -2.10. The van der Waals surface area contributed by atoms with E-state index in [9.17, 15) is 4.79 Å². The van der Waals surface area contributed by atoms with E-state index in [0.29, 0.717) is 21.7 Å². The summed E-state index contributed by atoms with van der Waals surface area (Å²) in [6.45, 7) is 4.09. The lowest BCUT2D eigenvalue weighted by molar-refractivity contribution is 0.415. The Labute approximate surface area is 136 Å². The van der Waals surface area contributed by atoms with Gasteiger partial charge in [-0.2, -0.15) is 0 Å². The van der Waals surface area contributed by atoms with E-state index in [0.717, 1.165) is 24.1 Å². The summed E-state index contributed by atoms with van der Waals surface area (Å²) in [5.41, 5.74) is 2.30. The molecule has 0 aliphatic rings. The van der Waals surface area contributed by atoms with Gasteiger partial charge in [0.15, 0.2) is 5.43 Å². The molecule has 0 bridgehead atoms. The summed E-state index contributed by atoms with van der Waals surface area (Å²) in [6, 6.07) is 3.43. The third-order valence-corrected chi connectivity index (χ3v) is 4.06. The summed E-state index contributed by atoms with van der Waals surface area (Å²) in [6.07, 6.45) is 8.55. The maximum Gasteiger partial charge on any atom is 0.196 e. The van der Waals surface area contributed by atoms with E-state index in [1.165, 1.54) is 12.8 Å². The quantitative estimate of drug-likeness (QED) is 0.753. The number of aromatic nitrogens is 1. The van der Waals surface area contributed by atoms with Gasteiger partial charge in [-0.15, -0.1) is 0 Å². The molecular weight excluding hydrogens is 298 g/mol. The van der Waals surface area contributed by atoms with E-state index in [2.05, 4.69) is 18.0 Å². The molecule has 0 spiro atoms. The van der Waals surface area contributed by atoms with Crippen LogP contribution in [-0.2, 0) is 0 Å². The SMILES string of the molecule is CCCCC/C=C/c1c(C)[nH]c2cc(OC)c(Cl)cc2c1=O. The van der Waals surface area contributed by atoms with E-state index in [1.54, 1.807) is 19.2 Å². The van der Waals surface area contributed by atoms with Crippen LogP contribution in [0.5, 0.6) is 5.75 Å². The first-order valence-corrected chi connectivity index (χ1v) is 8.03. The largest absolute Gasteiger partial charge is 0.495 e. The average Bonchev–Trinajstić information content (AvgIpc) is 2.50. The maximum atomic E-state index is 12.7. The highest BCUT2D eigenvalue weighted by atomic mass is 35.5. The van der Waals surface area contributed by atoms with E-state index in [-0.39, 0.29) is 5.43 Å². The number of nitrogens with one attached hydrogen (secondary N) is 1. The Morgan fingerprint density at radius 3 is 2.77 bits per heavy atom. The maximum absolute atomic E-state index is 12.7. The van der Waals surface area contributed by atoms with Crippen molar-refractivity contribution < 1.29 is 4.74 Å². The second kappa shape index (κ2) is 7.50. The van der Waals surface area contributed by atoms with Crippen LogP contribution in [0.3, 0.4) is 0 Å². The highest BCUT2D eigenvalue weighted by Crippen LogP contribution is 2.28. The van der Waals surface area contributed by atoms with Gasteiger partial charge < -0.3 is 9.72 Å². The second-order valence-electron chi connectivity index (χ2n) is 5.42. The van der Waals surface area contributed by atoms with Crippen molar-refractivity contribution in [2.75, 3.05) is 7.11 Å². The predicted molar refractivity (Wildman–Crippen MR) is 94.0 cm³/mol. The fourth-order valence-electron chi connectivity index (χ4n) is 2.50. The van der Waals surface area contributed by atoms with E-state index in [4.69, 9.17) is 16.3 Å². The van der Waals surface area contributed by atoms with Crippen LogP contribution in [-0.4, -0.2) is 12.1 Å². The number of rotatable bonds is 6. The van der Waals surface area contributed by atoms with Gasteiger partial charge in [-0.05, 0) is 25.8 Å². The molecule has 118 valence electrons. The molecule has 0 saturated carbocycles. The van der Waals surface area contributed by atoms with Gasteiger partial charge in [0.1, 0.15) is 5.75 Å². The number of hydrogen-bond donors (Lipinski definition) is 1. The standard InChI is InChI=1S/C18H22ClNO2/c1-4-5-6-7-8-9-13-12(2)20-16-11-17(22-3)15(19)10-14(16)18(13)21/h8-11H,4-7H2,1-3H3,(H,20,21)/b9-8+. The molecular formula is C18H22ClNO2. The summed E-state index contributed by atoms with van der Waals surface area (Å²) in [7, 11) is 1.56. The minimum Gasteiger partial charge on any atom is -0.495 e. The molecule has 22 heavy (non-hydrogen) atoms. The molecule has 0 saturated heterocycles. The minimum atomic E-state index is 0.00236. The normalized spacial score (nSPS) is 11.5. The monoisotopic (exact) mass is 319 g/mol. The van der Waals surface area contributed by atoms with E-state index in [1.807, 2.05) is 13.0 Å². The summed E-state index contributed by atoms with van der Waals surface area (Å²) in [5.74, 6) is 0.562.